The summed E-state index contributed by atoms with van der Waals surface area (Å²) in [6.07, 6.45) is 0.364. The molecule has 1 aromatic carbocycles. The highest BCUT2D eigenvalue weighted by atomic mass is 79.9. The van der Waals surface area contributed by atoms with Gasteiger partial charge in [0.05, 0.1) is 19.3 Å². The van der Waals surface area contributed by atoms with E-state index < -0.39 is 11.1 Å². The van der Waals surface area contributed by atoms with E-state index in [0.717, 1.165) is 10.9 Å². The van der Waals surface area contributed by atoms with Gasteiger partial charge in [-0.3, -0.25) is 0 Å². The number of carbonyl (C=O) groups excluding carboxylic acids is 1. The lowest BCUT2D eigenvalue weighted by atomic mass is 10.1. The van der Waals surface area contributed by atoms with Crippen molar-refractivity contribution in [1.29, 1.82) is 0 Å². The fourth-order valence-corrected chi connectivity index (χ4v) is 3.54. The van der Waals surface area contributed by atoms with Crippen molar-refractivity contribution in [3.63, 3.8) is 0 Å². The minimum atomic E-state index is -0.791. The molecule has 2 atom stereocenters. The lowest BCUT2D eigenvalue weighted by Gasteiger charge is -2.21. The molecule has 1 amide bonds. The maximum Gasteiger partial charge on any atom is 0.422 e. The molecule has 0 bridgehead atoms. The Morgan fingerprint density at radius 3 is 2.96 bits per heavy atom. The highest BCUT2D eigenvalue weighted by Crippen LogP contribution is 2.23. The molecule has 0 N–H and O–H groups in total. The molecule has 26 heavy (non-hydrogen) atoms. The molecular weight excluding hydrogens is 408 g/mol. The summed E-state index contributed by atoms with van der Waals surface area (Å²) in [4.78, 5) is 26.4. The number of nitro groups is 1. The van der Waals surface area contributed by atoms with E-state index in [-0.39, 0.29) is 24.5 Å². The minimum Gasteiger partial charge on any atom is -0.410 e. The molecule has 2 aliphatic rings. The molecule has 2 heterocycles. The van der Waals surface area contributed by atoms with Gasteiger partial charge < -0.3 is 14.4 Å². The highest BCUT2D eigenvalue weighted by Gasteiger charge is 2.37. The third-order valence-corrected chi connectivity index (χ3v) is 4.76. The molecular formula is C16H19BrN4O5. The van der Waals surface area contributed by atoms with Gasteiger partial charge in [-0.1, -0.05) is 22.0 Å². The second-order valence-corrected chi connectivity index (χ2v) is 7.22. The predicted molar refractivity (Wildman–Crippen MR) is 96.4 cm³/mol. The minimum absolute atomic E-state index is 0.00884. The van der Waals surface area contributed by atoms with Gasteiger partial charge in [0.25, 0.3) is 5.96 Å². The summed E-state index contributed by atoms with van der Waals surface area (Å²) in [5.74, 6) is 0.610. The van der Waals surface area contributed by atoms with Gasteiger partial charge in [0.1, 0.15) is 10.9 Å². The molecule has 2 aliphatic heterocycles. The van der Waals surface area contributed by atoms with Crippen LogP contribution in [-0.2, 0) is 4.74 Å². The molecule has 2 saturated heterocycles. The van der Waals surface area contributed by atoms with Gasteiger partial charge in [-0.05, 0) is 31.5 Å². The van der Waals surface area contributed by atoms with Gasteiger partial charge in [-0.25, -0.2) is 19.8 Å². The van der Waals surface area contributed by atoms with Gasteiger partial charge in [0.15, 0.2) is 5.03 Å². The molecule has 2 fully saturated rings. The van der Waals surface area contributed by atoms with Crippen molar-refractivity contribution in [3.8, 4) is 5.75 Å². The summed E-state index contributed by atoms with van der Waals surface area (Å²) in [5, 5.41) is 13.6. The van der Waals surface area contributed by atoms with Crippen LogP contribution in [0.15, 0.2) is 33.8 Å². The average molecular weight is 427 g/mol. The Hall–Kier alpha value is -2.20. The van der Waals surface area contributed by atoms with Crippen molar-refractivity contribution < 1.29 is 19.3 Å². The Balaban J connectivity index is 1.71. The third kappa shape index (κ3) is 4.50. The molecule has 0 spiro atoms. The zero-order chi connectivity index (χ0) is 18.7. The summed E-state index contributed by atoms with van der Waals surface area (Å²) in [5.41, 5.74) is 0. The van der Waals surface area contributed by atoms with E-state index in [1.807, 2.05) is 6.92 Å². The van der Waals surface area contributed by atoms with E-state index in [1.54, 1.807) is 29.2 Å². The monoisotopic (exact) mass is 426 g/mol. The average Bonchev–Trinajstić information content (AvgIpc) is 3.14. The van der Waals surface area contributed by atoms with Gasteiger partial charge in [0, 0.05) is 23.5 Å². The van der Waals surface area contributed by atoms with Crippen molar-refractivity contribution >= 4 is 28.0 Å². The Kier molecular flexibility index (Phi) is 5.72. The normalized spacial score (nSPS) is 24.3. The quantitative estimate of drug-likeness (QED) is 0.541. The fourth-order valence-electron chi connectivity index (χ4n) is 3.16. The number of rotatable bonds is 4. The lowest BCUT2D eigenvalue weighted by molar-refractivity contribution is -0.486. The van der Waals surface area contributed by atoms with Crippen LogP contribution in [0.4, 0.5) is 4.79 Å². The summed E-state index contributed by atoms with van der Waals surface area (Å²) >= 11 is 3.31. The molecule has 10 heteroatoms. The van der Waals surface area contributed by atoms with E-state index in [1.165, 1.54) is 4.90 Å². The van der Waals surface area contributed by atoms with Crippen molar-refractivity contribution in [3.05, 3.63) is 38.9 Å². The van der Waals surface area contributed by atoms with Crippen LogP contribution in [-0.4, -0.2) is 59.2 Å². The fraction of sp³-hybridized carbons (Fsp3) is 0.500. The van der Waals surface area contributed by atoms with Crippen LogP contribution < -0.4 is 4.74 Å². The molecule has 0 saturated carbocycles. The van der Waals surface area contributed by atoms with Crippen LogP contribution in [0.2, 0.25) is 0 Å². The van der Waals surface area contributed by atoms with Crippen molar-refractivity contribution in [2.45, 2.75) is 19.4 Å². The Morgan fingerprint density at radius 2 is 2.31 bits per heavy atom. The number of nitrogens with zero attached hydrogens (tertiary/aromatic N) is 4. The Morgan fingerprint density at radius 1 is 1.50 bits per heavy atom. The van der Waals surface area contributed by atoms with E-state index in [9.17, 15) is 14.9 Å². The van der Waals surface area contributed by atoms with Gasteiger partial charge in [-0.15, -0.1) is 0 Å². The van der Waals surface area contributed by atoms with Crippen LogP contribution in [0.5, 0.6) is 5.75 Å². The SMILES string of the molecule is CC1CC(CN2CCN(C(=O)Oc3cccc(Br)c3)C2=N[N+](=O)[O-])CO1. The standard InChI is InChI=1S/C16H19BrN4O5/c1-11-7-12(10-25-11)9-19-5-6-20(15(19)18-21(23)24)16(22)26-14-4-2-3-13(17)8-14/h2-4,8,11-12H,5-7,9-10H2,1H3. The number of amides is 1. The van der Waals surface area contributed by atoms with E-state index >= 15 is 0 Å². The van der Waals surface area contributed by atoms with Crippen LogP contribution in [0.3, 0.4) is 0 Å². The number of hydrazone groups is 1. The number of halogens is 1. The zero-order valence-corrected chi connectivity index (χ0v) is 15.8. The zero-order valence-electron chi connectivity index (χ0n) is 14.2. The number of hydrogen-bond donors (Lipinski definition) is 0. The number of benzene rings is 1. The number of carbonyl (C=O) groups is 1. The largest absolute Gasteiger partial charge is 0.422 e. The molecule has 2 unspecified atom stereocenters. The van der Waals surface area contributed by atoms with Crippen molar-refractivity contribution in [1.82, 2.24) is 9.80 Å². The van der Waals surface area contributed by atoms with Crippen molar-refractivity contribution in [2.24, 2.45) is 11.0 Å². The molecule has 0 aliphatic carbocycles. The van der Waals surface area contributed by atoms with Crippen LogP contribution in [0, 0.1) is 16.0 Å². The van der Waals surface area contributed by atoms with Gasteiger partial charge in [0.2, 0.25) is 0 Å². The lowest BCUT2D eigenvalue weighted by Crippen LogP contribution is -2.41. The Labute approximate surface area is 158 Å². The predicted octanol–water partition coefficient (Wildman–Crippen LogP) is 2.54. The number of hydrogen-bond acceptors (Lipinski definition) is 5. The maximum atomic E-state index is 12.5. The topological polar surface area (TPSA) is 97.5 Å². The third-order valence-electron chi connectivity index (χ3n) is 4.27. The summed E-state index contributed by atoms with van der Waals surface area (Å²) in [6, 6.07) is 6.82. The molecule has 3 rings (SSSR count). The van der Waals surface area contributed by atoms with E-state index in [2.05, 4.69) is 21.0 Å². The second kappa shape index (κ2) is 8.00. The molecule has 140 valence electrons. The summed E-state index contributed by atoms with van der Waals surface area (Å²) in [6.45, 7) is 3.90. The second-order valence-electron chi connectivity index (χ2n) is 6.31. The Bertz CT molecular complexity index is 728. The molecule has 0 aromatic heterocycles. The molecule has 9 nitrogen and oxygen atoms in total. The molecule has 0 radical (unpaired) electrons. The number of ether oxygens (including phenoxy) is 2. The van der Waals surface area contributed by atoms with Gasteiger partial charge in [-0.2, -0.15) is 0 Å². The van der Waals surface area contributed by atoms with Crippen molar-refractivity contribution in [2.75, 3.05) is 26.2 Å². The van der Waals surface area contributed by atoms with E-state index in [4.69, 9.17) is 9.47 Å². The number of guanidine groups is 1. The first-order valence-electron chi connectivity index (χ1n) is 8.27. The first kappa shape index (κ1) is 18.6. The summed E-state index contributed by atoms with van der Waals surface area (Å²) < 4.78 is 11.6. The highest BCUT2D eigenvalue weighted by molar-refractivity contribution is 9.10. The first-order valence-corrected chi connectivity index (χ1v) is 9.06. The summed E-state index contributed by atoms with van der Waals surface area (Å²) in [7, 11) is 0. The van der Waals surface area contributed by atoms with Crippen LogP contribution in [0.25, 0.3) is 0 Å². The van der Waals surface area contributed by atoms with E-state index in [0.29, 0.717) is 25.4 Å². The van der Waals surface area contributed by atoms with Gasteiger partial charge >= 0.3 is 6.09 Å². The van der Waals surface area contributed by atoms with Crippen LogP contribution in [0.1, 0.15) is 13.3 Å². The first-order chi connectivity index (χ1) is 12.4. The molecule has 1 aromatic rings. The van der Waals surface area contributed by atoms with Crippen LogP contribution >= 0.6 is 15.9 Å². The maximum absolute atomic E-state index is 12.5. The smallest absolute Gasteiger partial charge is 0.410 e.